The number of amides is 1. The minimum Gasteiger partial charge on any atom is -0.491 e. The van der Waals surface area contributed by atoms with Gasteiger partial charge in [-0.3, -0.25) is 4.79 Å². The van der Waals surface area contributed by atoms with Gasteiger partial charge in [-0.2, -0.15) is 0 Å². The highest BCUT2D eigenvalue weighted by Crippen LogP contribution is 2.17. The Morgan fingerprint density at radius 2 is 1.85 bits per heavy atom. The van der Waals surface area contributed by atoms with Crippen LogP contribution in [0.15, 0.2) is 36.7 Å². The lowest BCUT2D eigenvalue weighted by molar-refractivity contribution is 0.102. The van der Waals surface area contributed by atoms with E-state index >= 15 is 0 Å². The lowest BCUT2D eigenvalue weighted by Gasteiger charge is -2.10. The topological polar surface area (TPSA) is 90.1 Å². The molecule has 1 heterocycles. The van der Waals surface area contributed by atoms with Gasteiger partial charge in [0.05, 0.1) is 6.10 Å². The second-order valence-electron chi connectivity index (χ2n) is 4.44. The van der Waals surface area contributed by atoms with Crippen molar-refractivity contribution in [1.29, 1.82) is 0 Å². The van der Waals surface area contributed by atoms with Crippen molar-refractivity contribution in [2.45, 2.75) is 20.0 Å². The molecule has 2 rings (SSSR count). The summed E-state index contributed by atoms with van der Waals surface area (Å²) in [6.45, 7) is 3.90. The van der Waals surface area contributed by atoms with E-state index in [0.29, 0.717) is 5.69 Å². The van der Waals surface area contributed by atoms with Crippen molar-refractivity contribution in [3.63, 3.8) is 0 Å². The van der Waals surface area contributed by atoms with Crippen LogP contribution in [0, 0.1) is 0 Å². The third kappa shape index (κ3) is 3.44. The third-order valence-electron chi connectivity index (χ3n) is 2.43. The summed E-state index contributed by atoms with van der Waals surface area (Å²) in [6.07, 6.45) is 2.96. The number of anilines is 2. The first kappa shape index (κ1) is 13.8. The molecule has 0 radical (unpaired) electrons. The molecule has 0 aliphatic rings. The Labute approximate surface area is 117 Å². The first-order valence-corrected chi connectivity index (χ1v) is 6.21. The molecule has 0 bridgehead atoms. The second-order valence-corrected chi connectivity index (χ2v) is 4.44. The third-order valence-corrected chi connectivity index (χ3v) is 2.43. The van der Waals surface area contributed by atoms with E-state index in [9.17, 15) is 4.79 Å². The first-order valence-electron chi connectivity index (χ1n) is 6.21. The number of carbonyl (C=O) groups excluding carboxylic acids is 1. The number of hydrogen-bond acceptors (Lipinski definition) is 5. The zero-order valence-corrected chi connectivity index (χ0v) is 11.3. The van der Waals surface area contributed by atoms with Gasteiger partial charge in [0.2, 0.25) is 0 Å². The van der Waals surface area contributed by atoms with E-state index in [-0.39, 0.29) is 17.6 Å². The monoisotopic (exact) mass is 272 g/mol. The van der Waals surface area contributed by atoms with Crippen LogP contribution in [0.3, 0.4) is 0 Å². The predicted molar refractivity (Wildman–Crippen MR) is 76.6 cm³/mol. The Balaban J connectivity index is 2.07. The molecule has 1 aromatic carbocycles. The van der Waals surface area contributed by atoms with Crippen molar-refractivity contribution in [3.8, 4) is 5.75 Å². The van der Waals surface area contributed by atoms with Crippen LogP contribution in [0.25, 0.3) is 0 Å². The molecule has 0 saturated carbocycles. The van der Waals surface area contributed by atoms with Gasteiger partial charge in [0, 0.05) is 18.1 Å². The average Bonchev–Trinajstić information content (AvgIpc) is 2.41. The first-order chi connectivity index (χ1) is 9.56. The zero-order valence-electron chi connectivity index (χ0n) is 11.3. The molecular weight excluding hydrogens is 256 g/mol. The van der Waals surface area contributed by atoms with Crippen molar-refractivity contribution in [1.82, 2.24) is 9.97 Å². The summed E-state index contributed by atoms with van der Waals surface area (Å²) in [6, 6.07) is 7.08. The van der Waals surface area contributed by atoms with Crippen molar-refractivity contribution < 1.29 is 9.53 Å². The van der Waals surface area contributed by atoms with Crippen LogP contribution < -0.4 is 15.8 Å². The van der Waals surface area contributed by atoms with Gasteiger partial charge < -0.3 is 15.8 Å². The molecule has 2 aromatic rings. The highest BCUT2D eigenvalue weighted by molar-refractivity contribution is 6.05. The SMILES string of the molecule is CC(C)Oc1ccc(NC(=O)c2nccnc2N)cc1. The van der Waals surface area contributed by atoms with Crippen LogP contribution in [0.2, 0.25) is 0 Å². The minimum atomic E-state index is -0.395. The molecule has 6 nitrogen and oxygen atoms in total. The second kappa shape index (κ2) is 6.01. The van der Waals surface area contributed by atoms with Crippen LogP contribution in [-0.4, -0.2) is 22.0 Å². The minimum absolute atomic E-state index is 0.102. The quantitative estimate of drug-likeness (QED) is 0.889. The van der Waals surface area contributed by atoms with E-state index in [0.717, 1.165) is 5.75 Å². The lowest BCUT2D eigenvalue weighted by atomic mass is 10.3. The normalized spacial score (nSPS) is 10.3. The van der Waals surface area contributed by atoms with Crippen LogP contribution >= 0.6 is 0 Å². The van der Waals surface area contributed by atoms with Crippen LogP contribution in [0.1, 0.15) is 24.3 Å². The number of nitrogens with zero attached hydrogens (tertiary/aromatic N) is 2. The largest absolute Gasteiger partial charge is 0.491 e. The van der Waals surface area contributed by atoms with E-state index < -0.39 is 5.91 Å². The number of hydrogen-bond donors (Lipinski definition) is 2. The van der Waals surface area contributed by atoms with Crippen LogP contribution in [-0.2, 0) is 0 Å². The molecule has 3 N–H and O–H groups in total. The highest BCUT2D eigenvalue weighted by atomic mass is 16.5. The zero-order chi connectivity index (χ0) is 14.5. The van der Waals surface area contributed by atoms with Crippen molar-refractivity contribution >= 4 is 17.4 Å². The van der Waals surface area contributed by atoms with Gasteiger partial charge >= 0.3 is 0 Å². The highest BCUT2D eigenvalue weighted by Gasteiger charge is 2.12. The summed E-state index contributed by atoms with van der Waals surface area (Å²) in [7, 11) is 0. The number of nitrogens with two attached hydrogens (primary N) is 1. The number of nitrogens with one attached hydrogen (secondary N) is 1. The molecule has 0 aliphatic carbocycles. The number of carbonyl (C=O) groups is 1. The standard InChI is InChI=1S/C14H16N4O2/c1-9(2)20-11-5-3-10(4-6-11)18-14(19)12-13(15)17-8-7-16-12/h3-9H,1-2H3,(H2,15,17)(H,18,19). The maximum Gasteiger partial charge on any atom is 0.278 e. The number of benzene rings is 1. The molecule has 20 heavy (non-hydrogen) atoms. The molecule has 0 unspecified atom stereocenters. The fraction of sp³-hybridized carbons (Fsp3) is 0.214. The Morgan fingerprint density at radius 3 is 2.45 bits per heavy atom. The van der Waals surface area contributed by atoms with E-state index in [1.165, 1.54) is 12.4 Å². The number of nitrogen functional groups attached to an aromatic ring is 1. The Kier molecular flexibility index (Phi) is 4.14. The summed E-state index contributed by atoms with van der Waals surface area (Å²) in [5.74, 6) is 0.454. The number of aromatic nitrogens is 2. The number of rotatable bonds is 4. The van der Waals surface area contributed by atoms with Gasteiger partial charge in [-0.25, -0.2) is 9.97 Å². The number of ether oxygens (including phenoxy) is 1. The smallest absolute Gasteiger partial charge is 0.278 e. The maximum absolute atomic E-state index is 12.0. The molecular formula is C14H16N4O2. The molecule has 1 amide bonds. The fourth-order valence-corrected chi connectivity index (χ4v) is 1.60. The molecule has 104 valence electrons. The van der Waals surface area contributed by atoms with Crippen molar-refractivity contribution in [2.24, 2.45) is 0 Å². The Bertz CT molecular complexity index is 596. The predicted octanol–water partition coefficient (Wildman–Crippen LogP) is 2.10. The van der Waals surface area contributed by atoms with Gasteiger partial charge in [-0.15, -0.1) is 0 Å². The van der Waals surface area contributed by atoms with Crippen LogP contribution in [0.4, 0.5) is 11.5 Å². The van der Waals surface area contributed by atoms with E-state index in [1.807, 2.05) is 13.8 Å². The molecule has 0 atom stereocenters. The Morgan fingerprint density at radius 1 is 1.20 bits per heavy atom. The summed E-state index contributed by atoms with van der Waals surface area (Å²) in [5.41, 5.74) is 6.34. The summed E-state index contributed by atoms with van der Waals surface area (Å²) in [4.78, 5) is 19.7. The summed E-state index contributed by atoms with van der Waals surface area (Å²) in [5, 5.41) is 2.70. The van der Waals surface area contributed by atoms with Gasteiger partial charge in [-0.05, 0) is 38.1 Å². The van der Waals surface area contributed by atoms with E-state index in [4.69, 9.17) is 10.5 Å². The molecule has 0 spiro atoms. The van der Waals surface area contributed by atoms with Crippen molar-refractivity contribution in [3.05, 3.63) is 42.4 Å². The lowest BCUT2D eigenvalue weighted by Crippen LogP contribution is -2.16. The maximum atomic E-state index is 12.0. The molecule has 0 aliphatic heterocycles. The van der Waals surface area contributed by atoms with E-state index in [2.05, 4.69) is 15.3 Å². The summed E-state index contributed by atoms with van der Waals surface area (Å²) >= 11 is 0. The van der Waals surface area contributed by atoms with Gasteiger partial charge in [-0.1, -0.05) is 0 Å². The average molecular weight is 272 g/mol. The summed E-state index contributed by atoms with van der Waals surface area (Å²) < 4.78 is 5.52. The van der Waals surface area contributed by atoms with Gasteiger partial charge in [0.25, 0.3) is 5.91 Å². The molecule has 0 saturated heterocycles. The van der Waals surface area contributed by atoms with Crippen LogP contribution in [0.5, 0.6) is 5.75 Å². The van der Waals surface area contributed by atoms with Gasteiger partial charge in [0.15, 0.2) is 11.5 Å². The molecule has 6 heteroatoms. The molecule has 1 aromatic heterocycles. The fourth-order valence-electron chi connectivity index (χ4n) is 1.60. The Hall–Kier alpha value is -2.63. The van der Waals surface area contributed by atoms with Gasteiger partial charge in [0.1, 0.15) is 5.75 Å². The van der Waals surface area contributed by atoms with Crippen molar-refractivity contribution in [2.75, 3.05) is 11.1 Å². The van der Waals surface area contributed by atoms with E-state index in [1.54, 1.807) is 24.3 Å². The molecule has 0 fully saturated rings.